The summed E-state index contributed by atoms with van der Waals surface area (Å²) in [6.45, 7) is 11.4. The molecule has 0 aliphatic carbocycles. The molecule has 0 spiro atoms. The Hall–Kier alpha value is -0.580. The van der Waals surface area contributed by atoms with E-state index in [4.69, 9.17) is 11.6 Å². The number of aromatic nitrogens is 2. The maximum Gasteiger partial charge on any atom is 0.0860 e. The van der Waals surface area contributed by atoms with Crippen LogP contribution in [-0.4, -0.2) is 40.4 Å². The van der Waals surface area contributed by atoms with Crippen LogP contribution in [0.3, 0.4) is 0 Å². The Morgan fingerprint density at radius 1 is 1.37 bits per heavy atom. The summed E-state index contributed by atoms with van der Waals surface area (Å²) in [6.07, 6.45) is 2.63. The van der Waals surface area contributed by atoms with E-state index in [1.54, 1.807) is 0 Å². The van der Waals surface area contributed by atoms with Gasteiger partial charge in [0, 0.05) is 25.7 Å². The van der Waals surface area contributed by atoms with Crippen LogP contribution in [0, 0.1) is 6.92 Å². The van der Waals surface area contributed by atoms with E-state index in [-0.39, 0.29) is 0 Å². The molecule has 0 aromatic carbocycles. The average molecular weight is 285 g/mol. The molecule has 1 fully saturated rings. The molecule has 0 radical (unpaired) electrons. The first-order chi connectivity index (χ1) is 9.17. The van der Waals surface area contributed by atoms with Gasteiger partial charge in [0.05, 0.1) is 16.4 Å². The highest BCUT2D eigenvalue weighted by molar-refractivity contribution is 6.31. The lowest BCUT2D eigenvalue weighted by Crippen LogP contribution is -2.37. The van der Waals surface area contributed by atoms with Crippen LogP contribution >= 0.6 is 11.6 Å². The highest BCUT2D eigenvalue weighted by Crippen LogP contribution is 2.20. The Kier molecular flexibility index (Phi) is 5.25. The number of aryl methyl sites for hydroxylation is 2. The van der Waals surface area contributed by atoms with Gasteiger partial charge in [-0.05, 0) is 39.8 Å². The zero-order valence-corrected chi connectivity index (χ0v) is 13.0. The van der Waals surface area contributed by atoms with Crippen LogP contribution in [0.2, 0.25) is 5.02 Å². The minimum Gasteiger partial charge on any atom is -0.310 e. The van der Waals surface area contributed by atoms with Gasteiger partial charge in [0.2, 0.25) is 0 Å². The van der Waals surface area contributed by atoms with E-state index in [1.807, 2.05) is 11.6 Å². The molecule has 1 aliphatic heterocycles. The number of hydrogen-bond donors (Lipinski definition) is 1. The number of rotatable bonds is 6. The molecule has 0 amide bonds. The largest absolute Gasteiger partial charge is 0.310 e. The second-order valence-electron chi connectivity index (χ2n) is 5.22. The Bertz CT molecular complexity index is 416. The second kappa shape index (κ2) is 6.73. The molecular weight excluding hydrogens is 260 g/mol. The summed E-state index contributed by atoms with van der Waals surface area (Å²) in [5.74, 6) is 0. The van der Waals surface area contributed by atoms with Crippen LogP contribution in [0.5, 0.6) is 0 Å². The first-order valence-electron chi connectivity index (χ1n) is 7.33. The van der Waals surface area contributed by atoms with Crippen molar-refractivity contribution in [3.63, 3.8) is 0 Å². The van der Waals surface area contributed by atoms with Crippen LogP contribution in [0.4, 0.5) is 0 Å². The smallest absolute Gasteiger partial charge is 0.0860 e. The van der Waals surface area contributed by atoms with E-state index in [9.17, 15) is 0 Å². The fourth-order valence-corrected chi connectivity index (χ4v) is 3.14. The number of halogens is 1. The summed E-state index contributed by atoms with van der Waals surface area (Å²) in [7, 11) is 0. The topological polar surface area (TPSA) is 33.1 Å². The fourth-order valence-electron chi connectivity index (χ4n) is 2.94. The molecule has 5 heteroatoms. The fraction of sp³-hybridized carbons (Fsp3) is 0.786. The molecule has 1 N–H and O–H groups in total. The zero-order valence-electron chi connectivity index (χ0n) is 12.2. The first kappa shape index (κ1) is 14.8. The van der Waals surface area contributed by atoms with Crippen molar-refractivity contribution in [1.29, 1.82) is 0 Å². The Morgan fingerprint density at radius 2 is 2.16 bits per heavy atom. The van der Waals surface area contributed by atoms with Crippen molar-refractivity contribution in [2.45, 2.75) is 52.7 Å². The van der Waals surface area contributed by atoms with Crippen LogP contribution in [0.15, 0.2) is 0 Å². The van der Waals surface area contributed by atoms with Gasteiger partial charge in [-0.1, -0.05) is 18.5 Å². The molecule has 1 saturated heterocycles. The van der Waals surface area contributed by atoms with Crippen molar-refractivity contribution in [2.75, 3.05) is 19.6 Å². The van der Waals surface area contributed by atoms with Crippen LogP contribution in [-0.2, 0) is 13.1 Å². The number of nitrogens with one attached hydrogen (secondary N) is 1. The van der Waals surface area contributed by atoms with Gasteiger partial charge in [-0.15, -0.1) is 0 Å². The van der Waals surface area contributed by atoms with E-state index in [1.165, 1.54) is 19.4 Å². The van der Waals surface area contributed by atoms with Crippen LogP contribution < -0.4 is 5.32 Å². The molecule has 0 bridgehead atoms. The summed E-state index contributed by atoms with van der Waals surface area (Å²) in [5.41, 5.74) is 2.04. The third kappa shape index (κ3) is 3.30. The van der Waals surface area contributed by atoms with Gasteiger partial charge >= 0.3 is 0 Å². The quantitative estimate of drug-likeness (QED) is 0.871. The monoisotopic (exact) mass is 284 g/mol. The van der Waals surface area contributed by atoms with Gasteiger partial charge in [-0.3, -0.25) is 9.58 Å². The van der Waals surface area contributed by atoms with Gasteiger partial charge in [0.1, 0.15) is 0 Å². The summed E-state index contributed by atoms with van der Waals surface area (Å²) < 4.78 is 2.00. The summed E-state index contributed by atoms with van der Waals surface area (Å²) in [6, 6.07) is 0.683. The lowest BCUT2D eigenvalue weighted by atomic mass is 10.2. The molecule has 1 aromatic rings. The van der Waals surface area contributed by atoms with E-state index in [0.717, 1.165) is 42.6 Å². The van der Waals surface area contributed by atoms with Crippen LogP contribution in [0.1, 0.15) is 38.1 Å². The molecule has 108 valence electrons. The molecule has 1 aromatic heterocycles. The lowest BCUT2D eigenvalue weighted by molar-refractivity contribution is 0.259. The normalized spacial score (nSPS) is 20.3. The second-order valence-corrected chi connectivity index (χ2v) is 5.60. The predicted molar refractivity (Wildman–Crippen MR) is 79.6 cm³/mol. The van der Waals surface area contributed by atoms with Crippen molar-refractivity contribution in [3.8, 4) is 0 Å². The molecule has 2 rings (SSSR count). The molecule has 0 saturated carbocycles. The lowest BCUT2D eigenvalue weighted by Gasteiger charge is -2.23. The molecule has 19 heavy (non-hydrogen) atoms. The number of likely N-dealkylation sites (tertiary alicyclic amines) is 1. The third-order valence-electron chi connectivity index (χ3n) is 4.03. The molecule has 2 heterocycles. The van der Waals surface area contributed by atoms with Crippen molar-refractivity contribution < 1.29 is 0 Å². The first-order valence-corrected chi connectivity index (χ1v) is 7.71. The van der Waals surface area contributed by atoms with E-state index < -0.39 is 0 Å². The third-order valence-corrected chi connectivity index (χ3v) is 4.52. The highest BCUT2D eigenvalue weighted by Gasteiger charge is 2.22. The zero-order chi connectivity index (χ0) is 13.8. The van der Waals surface area contributed by atoms with E-state index in [2.05, 4.69) is 29.2 Å². The predicted octanol–water partition coefficient (Wildman–Crippen LogP) is 2.44. The molecule has 1 aliphatic rings. The number of nitrogens with zero attached hydrogens (tertiary/aromatic N) is 3. The Labute approximate surface area is 121 Å². The van der Waals surface area contributed by atoms with E-state index in [0.29, 0.717) is 6.04 Å². The maximum absolute atomic E-state index is 6.31. The van der Waals surface area contributed by atoms with Gasteiger partial charge in [-0.25, -0.2) is 0 Å². The molecule has 4 nitrogen and oxygen atoms in total. The minimum absolute atomic E-state index is 0.683. The van der Waals surface area contributed by atoms with Crippen molar-refractivity contribution in [2.24, 2.45) is 0 Å². The standard InChI is InChI=1S/C14H25ClN4/c1-4-18-8-6-7-12(18)9-16-10-13-14(15)11(3)17-19(13)5-2/h12,16H,4-10H2,1-3H3. The molecule has 1 atom stereocenters. The van der Waals surface area contributed by atoms with Gasteiger partial charge in [-0.2, -0.15) is 5.10 Å². The van der Waals surface area contributed by atoms with Crippen molar-refractivity contribution >= 4 is 11.6 Å². The maximum atomic E-state index is 6.31. The van der Waals surface area contributed by atoms with E-state index >= 15 is 0 Å². The number of hydrogen-bond acceptors (Lipinski definition) is 3. The minimum atomic E-state index is 0.683. The SMILES string of the molecule is CCN1CCCC1CNCc1c(Cl)c(C)nn1CC. The Morgan fingerprint density at radius 3 is 2.84 bits per heavy atom. The van der Waals surface area contributed by atoms with Crippen LogP contribution in [0.25, 0.3) is 0 Å². The molecular formula is C14H25ClN4. The summed E-state index contributed by atoms with van der Waals surface area (Å²) in [5, 5.41) is 8.81. The highest BCUT2D eigenvalue weighted by atomic mass is 35.5. The summed E-state index contributed by atoms with van der Waals surface area (Å²) >= 11 is 6.31. The summed E-state index contributed by atoms with van der Waals surface area (Å²) in [4.78, 5) is 2.55. The number of likely N-dealkylation sites (N-methyl/N-ethyl adjacent to an activating group) is 1. The molecule has 1 unspecified atom stereocenters. The average Bonchev–Trinajstić information content (AvgIpc) is 2.97. The Balaban J connectivity index is 1.89. The van der Waals surface area contributed by atoms with Gasteiger partial charge in [0.15, 0.2) is 0 Å². The van der Waals surface area contributed by atoms with Gasteiger partial charge < -0.3 is 5.32 Å². The van der Waals surface area contributed by atoms with Crippen molar-refractivity contribution in [1.82, 2.24) is 20.0 Å². The van der Waals surface area contributed by atoms with Gasteiger partial charge in [0.25, 0.3) is 0 Å². The van der Waals surface area contributed by atoms with Crippen molar-refractivity contribution in [3.05, 3.63) is 16.4 Å².